The molecule has 0 atom stereocenters. The largest absolute Gasteiger partial charge is 0.456 e. The molecule has 9 heteroatoms. The number of carbonyl (C=O) groups is 1. The lowest BCUT2D eigenvalue weighted by Gasteiger charge is -2.26. The third-order valence-electron chi connectivity index (χ3n) is 4.78. The predicted octanol–water partition coefficient (Wildman–Crippen LogP) is 2.02. The maximum absolute atomic E-state index is 12.6. The lowest BCUT2D eigenvalue weighted by molar-refractivity contribution is 0.0468. The van der Waals surface area contributed by atoms with Crippen LogP contribution in [0.3, 0.4) is 0 Å². The average molecular weight is 415 g/mol. The summed E-state index contributed by atoms with van der Waals surface area (Å²) in [7, 11) is -3.59. The number of esters is 1. The van der Waals surface area contributed by atoms with E-state index in [1.807, 2.05) is 35.9 Å². The van der Waals surface area contributed by atoms with Crippen molar-refractivity contribution in [2.75, 3.05) is 26.3 Å². The molecule has 1 saturated heterocycles. The number of carbonyl (C=O) groups excluding carboxylic acids is 1. The van der Waals surface area contributed by atoms with Gasteiger partial charge in [0.1, 0.15) is 12.3 Å². The molecule has 0 aliphatic carbocycles. The second kappa shape index (κ2) is 7.94. The monoisotopic (exact) mass is 415 g/mol. The van der Waals surface area contributed by atoms with Crippen LogP contribution in [-0.2, 0) is 26.1 Å². The van der Waals surface area contributed by atoms with E-state index < -0.39 is 16.0 Å². The Labute approximate surface area is 168 Å². The van der Waals surface area contributed by atoms with Gasteiger partial charge in [0.2, 0.25) is 10.0 Å². The first-order valence-corrected chi connectivity index (χ1v) is 10.7. The summed E-state index contributed by atoms with van der Waals surface area (Å²) >= 11 is 0. The Bertz CT molecular complexity index is 1130. The normalized spacial score (nSPS) is 15.5. The van der Waals surface area contributed by atoms with Crippen LogP contribution in [0.15, 0.2) is 53.7 Å². The molecule has 0 spiro atoms. The number of hydrogen-bond acceptors (Lipinski definition) is 6. The molecule has 1 fully saturated rings. The molecule has 8 nitrogen and oxygen atoms in total. The van der Waals surface area contributed by atoms with Crippen molar-refractivity contribution in [2.45, 2.75) is 18.4 Å². The highest BCUT2D eigenvalue weighted by atomic mass is 32.2. The standard InChI is InChI=1S/C20H21N3O5S/c1-15-3-2-8-22-13-17(21-19(15)22)14-28-20(24)16-4-6-18(7-5-16)29(25,26)23-9-11-27-12-10-23/h2-8,13H,9-12,14H2,1H3. The van der Waals surface area contributed by atoms with E-state index in [1.165, 1.54) is 28.6 Å². The lowest BCUT2D eigenvalue weighted by Crippen LogP contribution is -2.40. The molecule has 4 rings (SSSR count). The minimum absolute atomic E-state index is 0.0355. The first-order valence-electron chi connectivity index (χ1n) is 9.23. The highest BCUT2D eigenvalue weighted by molar-refractivity contribution is 7.89. The maximum Gasteiger partial charge on any atom is 0.338 e. The molecule has 1 aliphatic heterocycles. The Morgan fingerprint density at radius 1 is 1.17 bits per heavy atom. The van der Waals surface area contributed by atoms with Crippen molar-refractivity contribution in [3.63, 3.8) is 0 Å². The molecule has 0 amide bonds. The number of aryl methyl sites for hydroxylation is 1. The van der Waals surface area contributed by atoms with E-state index in [1.54, 1.807) is 0 Å². The molecule has 3 aromatic rings. The number of imidazole rings is 1. The number of aromatic nitrogens is 2. The molecule has 0 bridgehead atoms. The van der Waals surface area contributed by atoms with Gasteiger partial charge in [-0.3, -0.25) is 0 Å². The second-order valence-electron chi connectivity index (χ2n) is 6.77. The number of fused-ring (bicyclic) bond motifs is 1. The Balaban J connectivity index is 1.43. The van der Waals surface area contributed by atoms with Crippen LogP contribution in [0.2, 0.25) is 0 Å². The van der Waals surface area contributed by atoms with Crippen LogP contribution in [0.4, 0.5) is 0 Å². The molecule has 0 N–H and O–H groups in total. The van der Waals surface area contributed by atoms with E-state index in [2.05, 4.69) is 4.98 Å². The number of benzene rings is 1. The number of sulfonamides is 1. The number of ether oxygens (including phenoxy) is 2. The van der Waals surface area contributed by atoms with Crippen molar-refractivity contribution < 1.29 is 22.7 Å². The third kappa shape index (κ3) is 4.02. The summed E-state index contributed by atoms with van der Waals surface area (Å²) in [5, 5.41) is 0. The van der Waals surface area contributed by atoms with Gasteiger partial charge in [0.15, 0.2) is 0 Å². The summed E-state index contributed by atoms with van der Waals surface area (Å²) in [4.78, 5) is 16.9. The van der Waals surface area contributed by atoms with Crippen molar-refractivity contribution in [1.29, 1.82) is 0 Å². The Morgan fingerprint density at radius 3 is 2.59 bits per heavy atom. The van der Waals surface area contributed by atoms with E-state index >= 15 is 0 Å². The highest BCUT2D eigenvalue weighted by Crippen LogP contribution is 2.18. The second-order valence-corrected chi connectivity index (χ2v) is 8.71. The van der Waals surface area contributed by atoms with Gasteiger partial charge in [0.05, 0.1) is 29.4 Å². The van der Waals surface area contributed by atoms with Crippen LogP contribution in [0, 0.1) is 6.92 Å². The van der Waals surface area contributed by atoms with Crippen molar-refractivity contribution in [2.24, 2.45) is 0 Å². The molecule has 29 heavy (non-hydrogen) atoms. The van der Waals surface area contributed by atoms with E-state index in [9.17, 15) is 13.2 Å². The fraction of sp³-hybridized carbons (Fsp3) is 0.300. The van der Waals surface area contributed by atoms with Crippen LogP contribution in [0.1, 0.15) is 21.6 Å². The Kier molecular flexibility index (Phi) is 5.35. The van der Waals surface area contributed by atoms with Gasteiger partial charge in [-0.15, -0.1) is 0 Å². The number of hydrogen-bond donors (Lipinski definition) is 0. The molecular weight excluding hydrogens is 394 g/mol. The zero-order valence-corrected chi connectivity index (χ0v) is 16.8. The SMILES string of the molecule is Cc1cccn2cc(COC(=O)c3ccc(S(=O)(=O)N4CCOCC4)cc3)nc12. The summed E-state index contributed by atoms with van der Waals surface area (Å²) in [6, 6.07) is 9.66. The zero-order chi connectivity index (χ0) is 20.4. The number of morpholine rings is 1. The number of pyridine rings is 1. The first-order chi connectivity index (χ1) is 13.9. The molecule has 0 unspecified atom stereocenters. The van der Waals surface area contributed by atoms with Crippen molar-refractivity contribution in [3.05, 3.63) is 65.6 Å². The van der Waals surface area contributed by atoms with Crippen LogP contribution < -0.4 is 0 Å². The van der Waals surface area contributed by atoms with E-state index in [0.717, 1.165) is 11.2 Å². The summed E-state index contributed by atoms with van der Waals surface area (Å²) in [5.74, 6) is -0.533. The molecule has 3 heterocycles. The van der Waals surface area contributed by atoms with Crippen LogP contribution >= 0.6 is 0 Å². The van der Waals surface area contributed by atoms with Gasteiger partial charge in [0, 0.05) is 25.5 Å². The molecule has 152 valence electrons. The van der Waals surface area contributed by atoms with Crippen LogP contribution in [-0.4, -0.2) is 54.4 Å². The summed E-state index contributed by atoms with van der Waals surface area (Å²) in [5.41, 5.74) is 2.77. The Hall–Kier alpha value is -2.75. The van der Waals surface area contributed by atoms with Crippen molar-refractivity contribution in [3.8, 4) is 0 Å². The molecule has 1 aliphatic rings. The third-order valence-corrected chi connectivity index (χ3v) is 6.69. The van der Waals surface area contributed by atoms with E-state index in [-0.39, 0.29) is 17.1 Å². The molecule has 2 aromatic heterocycles. The minimum Gasteiger partial charge on any atom is -0.456 e. The van der Waals surface area contributed by atoms with Gasteiger partial charge in [-0.05, 0) is 42.8 Å². The fourth-order valence-electron chi connectivity index (χ4n) is 3.20. The predicted molar refractivity (Wildman–Crippen MR) is 105 cm³/mol. The Morgan fingerprint density at radius 2 is 1.90 bits per heavy atom. The first kappa shape index (κ1) is 19.6. The van der Waals surface area contributed by atoms with Gasteiger partial charge in [-0.25, -0.2) is 18.2 Å². The molecule has 0 radical (unpaired) electrons. The quantitative estimate of drug-likeness (QED) is 0.592. The minimum atomic E-state index is -3.59. The number of nitrogens with zero attached hydrogens (tertiary/aromatic N) is 3. The highest BCUT2D eigenvalue weighted by Gasteiger charge is 2.26. The van der Waals surface area contributed by atoms with Crippen molar-refractivity contribution in [1.82, 2.24) is 13.7 Å². The van der Waals surface area contributed by atoms with Gasteiger partial charge < -0.3 is 13.9 Å². The van der Waals surface area contributed by atoms with Crippen LogP contribution in [0.25, 0.3) is 5.65 Å². The summed E-state index contributed by atoms with van der Waals surface area (Å²) < 4.78 is 39.1. The molecular formula is C20H21N3O5S. The molecule has 1 aromatic carbocycles. The van der Waals surface area contributed by atoms with Gasteiger partial charge >= 0.3 is 5.97 Å². The fourth-order valence-corrected chi connectivity index (χ4v) is 4.60. The topological polar surface area (TPSA) is 90.2 Å². The zero-order valence-electron chi connectivity index (χ0n) is 15.9. The smallest absolute Gasteiger partial charge is 0.338 e. The van der Waals surface area contributed by atoms with Gasteiger partial charge in [-0.1, -0.05) is 6.07 Å². The maximum atomic E-state index is 12.6. The molecule has 0 saturated carbocycles. The van der Waals surface area contributed by atoms with E-state index in [0.29, 0.717) is 32.0 Å². The average Bonchev–Trinajstić information content (AvgIpc) is 3.17. The number of rotatable bonds is 5. The summed E-state index contributed by atoms with van der Waals surface area (Å²) in [6.07, 6.45) is 3.70. The van der Waals surface area contributed by atoms with Gasteiger partial charge in [0.25, 0.3) is 0 Å². The van der Waals surface area contributed by atoms with Gasteiger partial charge in [-0.2, -0.15) is 4.31 Å². The van der Waals surface area contributed by atoms with Crippen LogP contribution in [0.5, 0.6) is 0 Å². The lowest BCUT2D eigenvalue weighted by atomic mass is 10.2. The van der Waals surface area contributed by atoms with Crippen molar-refractivity contribution >= 4 is 21.6 Å². The van der Waals surface area contributed by atoms with E-state index in [4.69, 9.17) is 9.47 Å². The summed E-state index contributed by atoms with van der Waals surface area (Å²) in [6.45, 7) is 3.41.